The molecular formula is C21H37IN4O4. The Morgan fingerprint density at radius 2 is 1.73 bits per heavy atom. The molecule has 8 nitrogen and oxygen atoms in total. The highest BCUT2D eigenvalue weighted by atomic mass is 127. The van der Waals surface area contributed by atoms with Gasteiger partial charge >= 0.3 is 6.09 Å². The molecule has 0 saturated carbocycles. The number of halogens is 1. The molecule has 0 bridgehead atoms. The van der Waals surface area contributed by atoms with Gasteiger partial charge in [0.25, 0.3) is 0 Å². The van der Waals surface area contributed by atoms with E-state index in [2.05, 4.69) is 20.9 Å². The first-order chi connectivity index (χ1) is 13.6. The van der Waals surface area contributed by atoms with Crippen LogP contribution in [0.4, 0.5) is 4.79 Å². The fraction of sp³-hybridized carbons (Fsp3) is 0.619. The molecule has 30 heavy (non-hydrogen) atoms. The van der Waals surface area contributed by atoms with Crippen molar-refractivity contribution in [2.24, 2.45) is 10.9 Å². The Labute approximate surface area is 197 Å². The average molecular weight is 536 g/mol. The van der Waals surface area contributed by atoms with Crippen molar-refractivity contribution >= 4 is 36.0 Å². The highest BCUT2D eigenvalue weighted by Gasteiger charge is 2.21. The topological polar surface area (TPSA) is 93.2 Å². The monoisotopic (exact) mass is 536 g/mol. The normalized spacial score (nSPS) is 12.5. The van der Waals surface area contributed by atoms with E-state index in [-0.39, 0.29) is 35.9 Å². The molecule has 9 heteroatoms. The zero-order valence-corrected chi connectivity index (χ0v) is 21.6. The number of ether oxygens (including phenoxy) is 3. The van der Waals surface area contributed by atoms with Crippen LogP contribution in [0.2, 0.25) is 0 Å². The van der Waals surface area contributed by atoms with Crippen LogP contribution in [-0.2, 0) is 11.3 Å². The first-order valence-electron chi connectivity index (χ1n) is 9.74. The molecule has 0 saturated heterocycles. The number of methoxy groups -OCH3 is 2. The van der Waals surface area contributed by atoms with Gasteiger partial charge in [-0.3, -0.25) is 4.99 Å². The molecule has 0 aliphatic carbocycles. The molecule has 1 aromatic carbocycles. The van der Waals surface area contributed by atoms with Gasteiger partial charge in [-0.05, 0) is 44.4 Å². The summed E-state index contributed by atoms with van der Waals surface area (Å²) in [6.07, 6.45) is -0.425. The van der Waals surface area contributed by atoms with E-state index in [1.807, 2.05) is 52.8 Å². The molecule has 0 radical (unpaired) electrons. The van der Waals surface area contributed by atoms with Crippen LogP contribution in [0.5, 0.6) is 11.5 Å². The number of hydrogen-bond donors (Lipinski definition) is 3. The molecule has 0 fully saturated rings. The molecule has 1 aromatic rings. The maximum atomic E-state index is 12.1. The number of rotatable bonds is 8. The second kappa shape index (κ2) is 13.4. The van der Waals surface area contributed by atoms with Gasteiger partial charge in [-0.2, -0.15) is 0 Å². The summed E-state index contributed by atoms with van der Waals surface area (Å²) in [5, 5.41) is 9.43. The van der Waals surface area contributed by atoms with Crippen molar-refractivity contribution in [3.8, 4) is 11.5 Å². The quantitative estimate of drug-likeness (QED) is 0.268. The Bertz CT molecular complexity index is 690. The van der Waals surface area contributed by atoms with Gasteiger partial charge < -0.3 is 30.2 Å². The third kappa shape index (κ3) is 10.2. The summed E-state index contributed by atoms with van der Waals surface area (Å²) in [7, 11) is 4.92. The van der Waals surface area contributed by atoms with Crippen molar-refractivity contribution in [3.05, 3.63) is 23.8 Å². The maximum Gasteiger partial charge on any atom is 0.407 e. The van der Waals surface area contributed by atoms with Crippen LogP contribution in [0.3, 0.4) is 0 Å². The lowest BCUT2D eigenvalue weighted by Crippen LogP contribution is -2.50. The predicted molar refractivity (Wildman–Crippen MR) is 131 cm³/mol. The lowest BCUT2D eigenvalue weighted by atomic mass is 10.0. The van der Waals surface area contributed by atoms with Crippen LogP contribution in [0.25, 0.3) is 0 Å². The number of alkyl carbamates (subject to hydrolysis) is 1. The number of hydrogen-bond acceptors (Lipinski definition) is 5. The molecule has 0 aliphatic rings. The van der Waals surface area contributed by atoms with Crippen LogP contribution in [0.15, 0.2) is 23.2 Å². The van der Waals surface area contributed by atoms with Gasteiger partial charge in [0, 0.05) is 20.1 Å². The molecule has 0 aliphatic heterocycles. The minimum absolute atomic E-state index is 0. The number of nitrogens with zero attached hydrogens (tertiary/aromatic N) is 1. The van der Waals surface area contributed by atoms with Crippen LogP contribution in [0, 0.1) is 5.92 Å². The van der Waals surface area contributed by atoms with Crippen molar-refractivity contribution in [1.82, 2.24) is 16.0 Å². The Balaban J connectivity index is 0.00000841. The number of nitrogens with one attached hydrogen (secondary N) is 3. The van der Waals surface area contributed by atoms with E-state index in [9.17, 15) is 4.79 Å². The van der Waals surface area contributed by atoms with E-state index in [0.717, 1.165) is 5.56 Å². The largest absolute Gasteiger partial charge is 0.493 e. The highest BCUT2D eigenvalue weighted by molar-refractivity contribution is 14.0. The van der Waals surface area contributed by atoms with E-state index in [4.69, 9.17) is 14.2 Å². The van der Waals surface area contributed by atoms with Crippen molar-refractivity contribution in [1.29, 1.82) is 0 Å². The Morgan fingerprint density at radius 1 is 1.10 bits per heavy atom. The SMILES string of the molecule is CN=C(NCc1ccc(OC)c(OC)c1)NCC(NC(=O)OC(C)(C)C)C(C)C.I. The Kier molecular flexibility index (Phi) is 12.6. The number of aliphatic imine (C=N–C) groups is 1. The fourth-order valence-electron chi connectivity index (χ4n) is 2.52. The molecule has 0 heterocycles. The molecular weight excluding hydrogens is 499 g/mol. The molecule has 1 amide bonds. The second-order valence-corrected chi connectivity index (χ2v) is 7.99. The summed E-state index contributed by atoms with van der Waals surface area (Å²) >= 11 is 0. The van der Waals surface area contributed by atoms with E-state index in [1.54, 1.807) is 21.3 Å². The Hall–Kier alpha value is -1.91. The van der Waals surface area contributed by atoms with E-state index >= 15 is 0 Å². The first kappa shape index (κ1) is 28.1. The van der Waals surface area contributed by atoms with Gasteiger partial charge in [-0.1, -0.05) is 19.9 Å². The van der Waals surface area contributed by atoms with Gasteiger partial charge in [-0.25, -0.2) is 4.79 Å². The number of amides is 1. The predicted octanol–water partition coefficient (Wildman–Crippen LogP) is 3.54. The van der Waals surface area contributed by atoms with Crippen LogP contribution in [0.1, 0.15) is 40.2 Å². The van der Waals surface area contributed by atoms with Gasteiger partial charge in [0.15, 0.2) is 17.5 Å². The zero-order chi connectivity index (χ0) is 22.0. The summed E-state index contributed by atoms with van der Waals surface area (Å²) in [5.74, 6) is 2.22. The standard InChI is InChI=1S/C21H36N4O4.HI/c1-14(2)16(25-20(26)29-21(3,4)5)13-24-19(22-6)23-12-15-9-10-17(27-7)18(11-15)28-8;/h9-11,14,16H,12-13H2,1-8H3,(H,25,26)(H2,22,23,24);1H. The second-order valence-electron chi connectivity index (χ2n) is 7.99. The molecule has 172 valence electrons. The zero-order valence-electron chi connectivity index (χ0n) is 19.3. The van der Waals surface area contributed by atoms with E-state index < -0.39 is 11.7 Å². The first-order valence-corrected chi connectivity index (χ1v) is 9.74. The summed E-state index contributed by atoms with van der Waals surface area (Å²) in [4.78, 5) is 16.3. The highest BCUT2D eigenvalue weighted by Crippen LogP contribution is 2.27. The molecule has 1 rings (SSSR count). The Morgan fingerprint density at radius 3 is 2.23 bits per heavy atom. The van der Waals surface area contributed by atoms with Crippen molar-refractivity contribution in [2.45, 2.75) is 52.8 Å². The van der Waals surface area contributed by atoms with Crippen LogP contribution < -0.4 is 25.4 Å². The molecule has 0 spiro atoms. The molecule has 1 atom stereocenters. The fourth-order valence-corrected chi connectivity index (χ4v) is 2.52. The summed E-state index contributed by atoms with van der Waals surface area (Å²) in [5.41, 5.74) is 0.494. The van der Waals surface area contributed by atoms with E-state index in [1.165, 1.54) is 0 Å². The minimum Gasteiger partial charge on any atom is -0.493 e. The lowest BCUT2D eigenvalue weighted by molar-refractivity contribution is 0.0491. The summed E-state index contributed by atoms with van der Waals surface area (Å²) in [6, 6.07) is 5.64. The number of carbonyl (C=O) groups is 1. The molecule has 0 aromatic heterocycles. The number of benzene rings is 1. The third-order valence-electron chi connectivity index (χ3n) is 4.13. The van der Waals surface area contributed by atoms with E-state index in [0.29, 0.717) is 30.5 Å². The van der Waals surface area contributed by atoms with Crippen molar-refractivity contribution in [2.75, 3.05) is 27.8 Å². The third-order valence-corrected chi connectivity index (χ3v) is 4.13. The lowest BCUT2D eigenvalue weighted by Gasteiger charge is -2.26. The summed E-state index contributed by atoms with van der Waals surface area (Å²) in [6.45, 7) is 10.7. The number of carbonyl (C=O) groups excluding carboxylic acids is 1. The van der Waals surface area contributed by atoms with Crippen molar-refractivity contribution in [3.63, 3.8) is 0 Å². The van der Waals surface area contributed by atoms with Gasteiger partial charge in [0.2, 0.25) is 0 Å². The van der Waals surface area contributed by atoms with Crippen LogP contribution in [-0.4, -0.2) is 51.5 Å². The maximum absolute atomic E-state index is 12.1. The van der Waals surface area contributed by atoms with Gasteiger partial charge in [0.05, 0.1) is 20.3 Å². The van der Waals surface area contributed by atoms with Crippen LogP contribution >= 0.6 is 24.0 Å². The smallest absolute Gasteiger partial charge is 0.407 e. The van der Waals surface area contributed by atoms with Crippen molar-refractivity contribution < 1.29 is 19.0 Å². The molecule has 1 unspecified atom stereocenters. The van der Waals surface area contributed by atoms with Gasteiger partial charge in [-0.15, -0.1) is 24.0 Å². The number of guanidine groups is 1. The minimum atomic E-state index is -0.532. The average Bonchev–Trinajstić information content (AvgIpc) is 2.65. The van der Waals surface area contributed by atoms with Gasteiger partial charge in [0.1, 0.15) is 5.60 Å². The molecule has 3 N–H and O–H groups in total. The summed E-state index contributed by atoms with van der Waals surface area (Å²) < 4.78 is 15.9.